The second-order valence-corrected chi connectivity index (χ2v) is 7.43. The molecule has 0 amide bonds. The molecule has 2 atom stereocenters. The van der Waals surface area contributed by atoms with Crippen LogP contribution in [0.4, 0.5) is 0 Å². The van der Waals surface area contributed by atoms with Gasteiger partial charge in [-0.2, -0.15) is 0 Å². The van der Waals surface area contributed by atoms with Crippen LogP contribution in [-0.4, -0.2) is 30.7 Å². The van der Waals surface area contributed by atoms with E-state index in [1.165, 1.54) is 6.20 Å². The molecule has 1 aromatic rings. The van der Waals surface area contributed by atoms with Gasteiger partial charge in [0, 0.05) is 12.7 Å². The smallest absolute Gasteiger partial charge is 0.215 e. The monoisotopic (exact) mass is 320 g/mol. The van der Waals surface area contributed by atoms with Gasteiger partial charge in [-0.15, -0.1) is 0 Å². The Labute approximate surface area is 125 Å². The van der Waals surface area contributed by atoms with Crippen LogP contribution in [0, 0.1) is 5.92 Å². The lowest BCUT2D eigenvalue weighted by Crippen LogP contribution is -2.45. The van der Waals surface area contributed by atoms with Crippen molar-refractivity contribution in [3.63, 3.8) is 0 Å². The first-order valence-corrected chi connectivity index (χ1v) is 8.49. The van der Waals surface area contributed by atoms with Gasteiger partial charge in [-0.3, -0.25) is 0 Å². The lowest BCUT2D eigenvalue weighted by molar-refractivity contribution is 0.0102. The standard InChI is InChI=1S/C13H21ClN2O3S/c1-4-10(2)13(3,17)9-16-20(18,19)8-11-5-6-12(14)15-7-11/h5-7,10,16-17H,4,8-9H2,1-3H3. The van der Waals surface area contributed by atoms with Gasteiger partial charge in [0.25, 0.3) is 0 Å². The molecule has 0 saturated heterocycles. The van der Waals surface area contributed by atoms with Crippen molar-refractivity contribution in [3.05, 3.63) is 29.0 Å². The van der Waals surface area contributed by atoms with Gasteiger partial charge in [0.15, 0.2) is 0 Å². The van der Waals surface area contributed by atoms with Crippen molar-refractivity contribution >= 4 is 21.6 Å². The van der Waals surface area contributed by atoms with Gasteiger partial charge in [-0.25, -0.2) is 18.1 Å². The van der Waals surface area contributed by atoms with Crippen LogP contribution in [0.2, 0.25) is 5.15 Å². The molecular weight excluding hydrogens is 300 g/mol. The van der Waals surface area contributed by atoms with Crippen molar-refractivity contribution in [2.24, 2.45) is 5.92 Å². The third-order valence-corrected chi connectivity index (χ3v) is 4.99. The quantitative estimate of drug-likeness (QED) is 0.753. The van der Waals surface area contributed by atoms with Crippen LogP contribution in [-0.2, 0) is 15.8 Å². The lowest BCUT2D eigenvalue weighted by atomic mass is 9.89. The Morgan fingerprint density at radius 1 is 1.50 bits per heavy atom. The van der Waals surface area contributed by atoms with Crippen molar-refractivity contribution in [1.29, 1.82) is 0 Å². The largest absolute Gasteiger partial charge is 0.389 e. The van der Waals surface area contributed by atoms with Gasteiger partial charge in [0.1, 0.15) is 5.15 Å². The number of nitrogens with zero attached hydrogens (tertiary/aromatic N) is 1. The van der Waals surface area contributed by atoms with Crippen molar-refractivity contribution < 1.29 is 13.5 Å². The molecule has 0 radical (unpaired) electrons. The van der Waals surface area contributed by atoms with Gasteiger partial charge in [0.2, 0.25) is 10.0 Å². The number of halogens is 1. The van der Waals surface area contributed by atoms with Crippen LogP contribution in [0.15, 0.2) is 18.3 Å². The zero-order chi connectivity index (χ0) is 15.4. The summed E-state index contributed by atoms with van der Waals surface area (Å²) >= 11 is 5.65. The number of hydrogen-bond acceptors (Lipinski definition) is 4. The highest BCUT2D eigenvalue weighted by molar-refractivity contribution is 7.88. The maximum Gasteiger partial charge on any atom is 0.215 e. The van der Waals surface area contributed by atoms with Crippen molar-refractivity contribution in [2.45, 2.75) is 38.5 Å². The van der Waals surface area contributed by atoms with Crippen molar-refractivity contribution in [2.75, 3.05) is 6.54 Å². The van der Waals surface area contributed by atoms with E-state index >= 15 is 0 Å². The summed E-state index contributed by atoms with van der Waals surface area (Å²) in [6, 6.07) is 3.16. The molecule has 0 aliphatic heterocycles. The molecule has 20 heavy (non-hydrogen) atoms. The summed E-state index contributed by atoms with van der Waals surface area (Å²) in [5.74, 6) is -0.185. The molecule has 0 saturated carbocycles. The molecular formula is C13H21ClN2O3S. The maximum atomic E-state index is 12.0. The van der Waals surface area contributed by atoms with Crippen LogP contribution >= 0.6 is 11.6 Å². The molecule has 0 aromatic carbocycles. The molecule has 1 aromatic heterocycles. The summed E-state index contributed by atoms with van der Waals surface area (Å²) in [7, 11) is -3.52. The fraction of sp³-hybridized carbons (Fsp3) is 0.615. The second-order valence-electron chi connectivity index (χ2n) is 5.24. The summed E-state index contributed by atoms with van der Waals surface area (Å²) in [5, 5.41) is 10.5. The number of sulfonamides is 1. The predicted octanol–water partition coefficient (Wildman–Crippen LogP) is 1.95. The fourth-order valence-electron chi connectivity index (χ4n) is 1.63. The Morgan fingerprint density at radius 2 is 2.15 bits per heavy atom. The number of aliphatic hydroxyl groups is 1. The van der Waals surface area contributed by atoms with Crippen LogP contribution in [0.5, 0.6) is 0 Å². The Morgan fingerprint density at radius 3 is 2.65 bits per heavy atom. The molecule has 1 heterocycles. The molecule has 0 bridgehead atoms. The summed E-state index contributed by atoms with van der Waals surface area (Å²) in [4.78, 5) is 3.84. The number of aromatic nitrogens is 1. The minimum atomic E-state index is -3.52. The van der Waals surface area contributed by atoms with Gasteiger partial charge in [-0.1, -0.05) is 37.9 Å². The van der Waals surface area contributed by atoms with E-state index in [2.05, 4.69) is 9.71 Å². The third-order valence-electron chi connectivity index (χ3n) is 3.47. The second kappa shape index (κ2) is 6.85. The summed E-state index contributed by atoms with van der Waals surface area (Å²) in [6.45, 7) is 5.46. The SMILES string of the molecule is CCC(C)C(C)(O)CNS(=O)(=O)Cc1ccc(Cl)nc1. The molecule has 0 spiro atoms. The molecule has 2 N–H and O–H groups in total. The van der Waals surface area contributed by atoms with Gasteiger partial charge >= 0.3 is 0 Å². The van der Waals surface area contributed by atoms with Crippen molar-refractivity contribution in [1.82, 2.24) is 9.71 Å². The highest BCUT2D eigenvalue weighted by atomic mass is 35.5. The zero-order valence-corrected chi connectivity index (χ0v) is 13.5. The Kier molecular flexibility index (Phi) is 5.94. The first-order valence-electron chi connectivity index (χ1n) is 6.46. The maximum absolute atomic E-state index is 12.0. The minimum absolute atomic E-state index is 0.00222. The highest BCUT2D eigenvalue weighted by Crippen LogP contribution is 2.19. The molecule has 0 aliphatic rings. The van der Waals surface area contributed by atoms with Crippen LogP contribution < -0.4 is 4.72 Å². The third kappa shape index (κ3) is 5.36. The number of nitrogens with one attached hydrogen (secondary N) is 1. The molecule has 114 valence electrons. The first kappa shape index (κ1) is 17.4. The van der Waals surface area contributed by atoms with E-state index in [0.29, 0.717) is 10.7 Å². The Hall–Kier alpha value is -0.690. The van der Waals surface area contributed by atoms with E-state index in [-0.39, 0.29) is 18.2 Å². The topological polar surface area (TPSA) is 79.3 Å². The molecule has 1 rings (SSSR count). The molecule has 0 aliphatic carbocycles. The Bertz CT molecular complexity index is 529. The summed E-state index contributed by atoms with van der Waals surface area (Å²) in [6.07, 6.45) is 2.20. The van der Waals surface area contributed by atoms with E-state index in [1.54, 1.807) is 19.1 Å². The van der Waals surface area contributed by atoms with Gasteiger partial charge in [-0.05, 0) is 24.5 Å². The Balaban J connectivity index is 2.64. The molecule has 0 fully saturated rings. The van der Waals surface area contributed by atoms with Crippen molar-refractivity contribution in [3.8, 4) is 0 Å². The van der Waals surface area contributed by atoms with Crippen LogP contribution in [0.1, 0.15) is 32.8 Å². The van der Waals surface area contributed by atoms with E-state index in [4.69, 9.17) is 11.6 Å². The summed E-state index contributed by atoms with van der Waals surface area (Å²) in [5.41, 5.74) is -0.523. The highest BCUT2D eigenvalue weighted by Gasteiger charge is 2.28. The molecule has 7 heteroatoms. The van der Waals surface area contributed by atoms with E-state index in [0.717, 1.165) is 6.42 Å². The number of hydrogen-bond donors (Lipinski definition) is 2. The minimum Gasteiger partial charge on any atom is -0.389 e. The van der Waals surface area contributed by atoms with Crippen LogP contribution in [0.25, 0.3) is 0 Å². The number of pyridine rings is 1. The summed E-state index contributed by atoms with van der Waals surface area (Å²) < 4.78 is 26.4. The predicted molar refractivity (Wildman–Crippen MR) is 80.0 cm³/mol. The van der Waals surface area contributed by atoms with Gasteiger partial charge < -0.3 is 5.11 Å². The average molecular weight is 321 g/mol. The van der Waals surface area contributed by atoms with Crippen LogP contribution in [0.3, 0.4) is 0 Å². The van der Waals surface area contributed by atoms with E-state index in [1.807, 2.05) is 13.8 Å². The molecule has 2 unspecified atom stereocenters. The normalized spacial score (nSPS) is 16.6. The van der Waals surface area contributed by atoms with E-state index in [9.17, 15) is 13.5 Å². The molecule has 5 nitrogen and oxygen atoms in total. The fourth-order valence-corrected chi connectivity index (χ4v) is 2.97. The van der Waals surface area contributed by atoms with Gasteiger partial charge in [0.05, 0.1) is 11.4 Å². The average Bonchev–Trinajstić information content (AvgIpc) is 2.38. The van der Waals surface area contributed by atoms with E-state index < -0.39 is 15.6 Å². The number of rotatable bonds is 7. The first-order chi connectivity index (χ1) is 9.16. The zero-order valence-electron chi connectivity index (χ0n) is 11.9. The lowest BCUT2D eigenvalue weighted by Gasteiger charge is -2.29.